The molecule has 0 unspecified atom stereocenters. The maximum absolute atomic E-state index is 12.9. The van der Waals surface area contributed by atoms with Gasteiger partial charge in [-0.3, -0.25) is 4.79 Å². The summed E-state index contributed by atoms with van der Waals surface area (Å²) >= 11 is 1.32. The lowest BCUT2D eigenvalue weighted by molar-refractivity contribution is 0.104. The molecule has 0 spiro atoms. The van der Waals surface area contributed by atoms with Gasteiger partial charge in [-0.05, 0) is 43.3 Å². The number of aromatic nitrogens is 1. The molecule has 0 aliphatic rings. The van der Waals surface area contributed by atoms with E-state index in [4.69, 9.17) is 5.26 Å². The number of nitrogens with one attached hydrogen (secondary N) is 1. The average Bonchev–Trinajstić information content (AvgIpc) is 3.07. The normalized spacial score (nSPS) is 10.2. The Morgan fingerprint density at radius 3 is 2.35 bits per heavy atom. The number of hydrogen-bond donors (Lipinski definition) is 1. The van der Waals surface area contributed by atoms with Crippen LogP contribution in [0.4, 0.5) is 16.6 Å². The monoisotopic (exact) mass is 362 g/mol. The fourth-order valence-electron chi connectivity index (χ4n) is 2.40. The number of rotatable bonds is 5. The molecule has 0 aliphatic carbocycles. The van der Waals surface area contributed by atoms with Crippen molar-refractivity contribution >= 4 is 33.8 Å². The summed E-state index contributed by atoms with van der Waals surface area (Å²) < 4.78 is 0. The summed E-state index contributed by atoms with van der Waals surface area (Å²) in [5, 5.41) is 12.8. The van der Waals surface area contributed by atoms with Crippen LogP contribution in [-0.2, 0) is 0 Å². The minimum Gasteiger partial charge on any atom is -0.361 e. The zero-order chi connectivity index (χ0) is 18.7. The first kappa shape index (κ1) is 17.6. The Kier molecular flexibility index (Phi) is 5.01. The van der Waals surface area contributed by atoms with Crippen LogP contribution in [0.2, 0.25) is 0 Å². The lowest BCUT2D eigenvalue weighted by Crippen LogP contribution is -2.13. The molecule has 0 radical (unpaired) electrons. The van der Waals surface area contributed by atoms with Gasteiger partial charge in [-0.1, -0.05) is 29.0 Å². The van der Waals surface area contributed by atoms with Crippen molar-refractivity contribution in [3.05, 3.63) is 70.1 Å². The van der Waals surface area contributed by atoms with Gasteiger partial charge in [-0.15, -0.1) is 0 Å². The Bertz CT molecular complexity index is 967. The van der Waals surface area contributed by atoms with Crippen LogP contribution in [0.5, 0.6) is 0 Å². The van der Waals surface area contributed by atoms with Gasteiger partial charge in [-0.25, -0.2) is 4.98 Å². The van der Waals surface area contributed by atoms with Crippen LogP contribution in [0.3, 0.4) is 0 Å². The van der Waals surface area contributed by atoms with Gasteiger partial charge in [0.1, 0.15) is 4.88 Å². The van der Waals surface area contributed by atoms with E-state index in [1.165, 1.54) is 16.9 Å². The van der Waals surface area contributed by atoms with E-state index in [9.17, 15) is 4.79 Å². The number of aryl methyl sites for hydroxylation is 1. The summed E-state index contributed by atoms with van der Waals surface area (Å²) in [5.74, 6) is 0.520. The predicted octanol–water partition coefficient (Wildman–Crippen LogP) is 4.36. The second-order valence-corrected chi connectivity index (χ2v) is 7.07. The van der Waals surface area contributed by atoms with Crippen LogP contribution in [0.15, 0.2) is 48.5 Å². The molecule has 3 aromatic rings. The van der Waals surface area contributed by atoms with Crippen LogP contribution in [0.1, 0.15) is 26.4 Å². The van der Waals surface area contributed by atoms with Crippen LogP contribution in [-0.4, -0.2) is 24.9 Å². The standard InChI is InChI=1S/C20H18N4OS/c1-13-4-10-16(11-5-13)22-20-23-19(24(2)3)18(26-20)17(25)15-8-6-14(12-21)7-9-15/h4-11H,1-3H3,(H,22,23). The molecule has 0 aliphatic heterocycles. The minimum absolute atomic E-state index is 0.104. The molecule has 0 amide bonds. The molecule has 0 saturated carbocycles. The Hall–Kier alpha value is -3.17. The first-order chi connectivity index (χ1) is 12.5. The van der Waals surface area contributed by atoms with E-state index in [0.717, 1.165) is 5.69 Å². The maximum Gasteiger partial charge on any atom is 0.206 e. The molecule has 3 rings (SSSR count). The predicted molar refractivity (Wildman–Crippen MR) is 105 cm³/mol. The Labute approximate surface area is 156 Å². The molecule has 2 aromatic carbocycles. The zero-order valence-corrected chi connectivity index (χ0v) is 15.6. The number of hydrogen-bond acceptors (Lipinski definition) is 6. The zero-order valence-electron chi connectivity index (χ0n) is 14.8. The van der Waals surface area contributed by atoms with Crippen molar-refractivity contribution in [1.29, 1.82) is 5.26 Å². The van der Waals surface area contributed by atoms with Gasteiger partial charge < -0.3 is 10.2 Å². The van der Waals surface area contributed by atoms with Gasteiger partial charge >= 0.3 is 0 Å². The van der Waals surface area contributed by atoms with Gasteiger partial charge in [0.15, 0.2) is 10.9 Å². The van der Waals surface area contributed by atoms with Crippen LogP contribution in [0.25, 0.3) is 0 Å². The highest BCUT2D eigenvalue weighted by Crippen LogP contribution is 2.32. The molecule has 1 N–H and O–H groups in total. The van der Waals surface area contributed by atoms with E-state index in [1.807, 2.05) is 50.2 Å². The summed E-state index contributed by atoms with van der Waals surface area (Å²) in [4.78, 5) is 19.9. The van der Waals surface area contributed by atoms with E-state index < -0.39 is 0 Å². The molecule has 130 valence electrons. The first-order valence-corrected chi connectivity index (χ1v) is 8.86. The van der Waals surface area contributed by atoms with Gasteiger partial charge in [0.2, 0.25) is 5.78 Å². The molecule has 0 bridgehead atoms. The molecular formula is C20H18N4OS. The third-order valence-corrected chi connectivity index (χ3v) is 4.78. The van der Waals surface area contributed by atoms with E-state index in [-0.39, 0.29) is 5.78 Å². The Morgan fingerprint density at radius 1 is 1.12 bits per heavy atom. The second kappa shape index (κ2) is 7.38. The highest BCUT2D eigenvalue weighted by molar-refractivity contribution is 7.18. The van der Waals surface area contributed by atoms with E-state index >= 15 is 0 Å². The summed E-state index contributed by atoms with van der Waals surface area (Å²) in [7, 11) is 3.72. The number of benzene rings is 2. The molecule has 1 aromatic heterocycles. The molecule has 26 heavy (non-hydrogen) atoms. The second-order valence-electron chi connectivity index (χ2n) is 6.08. The van der Waals surface area contributed by atoms with E-state index in [1.54, 1.807) is 24.3 Å². The highest BCUT2D eigenvalue weighted by atomic mass is 32.1. The largest absolute Gasteiger partial charge is 0.361 e. The van der Waals surface area contributed by atoms with Crippen molar-refractivity contribution in [3.63, 3.8) is 0 Å². The molecular weight excluding hydrogens is 344 g/mol. The van der Waals surface area contributed by atoms with E-state index in [2.05, 4.69) is 16.4 Å². The number of anilines is 3. The number of carbonyl (C=O) groups excluding carboxylic acids is 1. The van der Waals surface area contributed by atoms with Crippen molar-refractivity contribution < 1.29 is 4.79 Å². The van der Waals surface area contributed by atoms with Crippen LogP contribution >= 0.6 is 11.3 Å². The Balaban J connectivity index is 1.92. The molecule has 0 fully saturated rings. The quantitative estimate of drug-likeness (QED) is 0.683. The SMILES string of the molecule is Cc1ccc(Nc2nc(N(C)C)c(C(=O)c3ccc(C#N)cc3)s2)cc1. The van der Waals surface area contributed by atoms with Gasteiger partial charge in [0.25, 0.3) is 0 Å². The number of nitrogens with zero attached hydrogens (tertiary/aromatic N) is 3. The maximum atomic E-state index is 12.9. The van der Waals surface area contributed by atoms with Crippen molar-refractivity contribution in [2.24, 2.45) is 0 Å². The van der Waals surface area contributed by atoms with Gasteiger partial charge in [-0.2, -0.15) is 5.26 Å². The summed E-state index contributed by atoms with van der Waals surface area (Å²) in [6.45, 7) is 2.03. The fourth-order valence-corrected chi connectivity index (χ4v) is 3.43. The summed E-state index contributed by atoms with van der Waals surface area (Å²) in [6.07, 6.45) is 0. The lowest BCUT2D eigenvalue weighted by atomic mass is 10.1. The first-order valence-electron chi connectivity index (χ1n) is 8.04. The highest BCUT2D eigenvalue weighted by Gasteiger charge is 2.21. The fraction of sp³-hybridized carbons (Fsp3) is 0.150. The van der Waals surface area contributed by atoms with Crippen molar-refractivity contribution in [3.8, 4) is 6.07 Å². The number of nitriles is 1. The lowest BCUT2D eigenvalue weighted by Gasteiger charge is -2.10. The summed E-state index contributed by atoms with van der Waals surface area (Å²) in [5.41, 5.74) is 3.17. The number of ketones is 1. The molecule has 5 nitrogen and oxygen atoms in total. The van der Waals surface area contributed by atoms with Crippen molar-refractivity contribution in [2.75, 3.05) is 24.3 Å². The van der Waals surface area contributed by atoms with Crippen molar-refractivity contribution in [1.82, 2.24) is 4.98 Å². The van der Waals surface area contributed by atoms with E-state index in [0.29, 0.717) is 27.0 Å². The molecule has 1 heterocycles. The minimum atomic E-state index is -0.104. The molecule has 0 atom stereocenters. The topological polar surface area (TPSA) is 69.0 Å². The van der Waals surface area contributed by atoms with Crippen molar-refractivity contribution in [2.45, 2.75) is 6.92 Å². The smallest absolute Gasteiger partial charge is 0.206 e. The molecule has 6 heteroatoms. The Morgan fingerprint density at radius 2 is 1.77 bits per heavy atom. The van der Waals surface area contributed by atoms with Crippen LogP contribution < -0.4 is 10.2 Å². The third-order valence-electron chi connectivity index (χ3n) is 3.82. The third kappa shape index (κ3) is 3.73. The van der Waals surface area contributed by atoms with Crippen LogP contribution in [0, 0.1) is 18.3 Å². The van der Waals surface area contributed by atoms with Gasteiger partial charge in [0.05, 0.1) is 11.6 Å². The molecule has 0 saturated heterocycles. The summed E-state index contributed by atoms with van der Waals surface area (Å²) in [6, 6.07) is 16.7. The van der Waals surface area contributed by atoms with Gasteiger partial charge in [0, 0.05) is 25.3 Å². The average molecular weight is 362 g/mol. The number of thiazole rings is 1. The number of carbonyl (C=O) groups is 1.